The third-order valence-electron chi connectivity index (χ3n) is 3.83. The Hall–Kier alpha value is -2.66. The summed E-state index contributed by atoms with van der Waals surface area (Å²) in [5.74, 6) is 0.576. The van der Waals surface area contributed by atoms with Gasteiger partial charge in [0.2, 0.25) is 0 Å². The molecule has 1 aromatic carbocycles. The zero-order valence-electron chi connectivity index (χ0n) is 13.9. The first-order valence-electron chi connectivity index (χ1n) is 7.60. The fourth-order valence-corrected chi connectivity index (χ4v) is 3.36. The first kappa shape index (κ1) is 16.2. The molecular formula is C19H19N3OS. The Kier molecular flexibility index (Phi) is 4.36. The molecule has 0 aliphatic heterocycles. The van der Waals surface area contributed by atoms with Crippen molar-refractivity contribution in [2.75, 3.05) is 24.7 Å². The molecule has 3 rings (SSSR count). The molecule has 3 aromatic rings. The smallest absolute Gasteiger partial charge is 0.169 e. The van der Waals surface area contributed by atoms with Gasteiger partial charge in [0.1, 0.15) is 5.82 Å². The van der Waals surface area contributed by atoms with E-state index in [1.54, 1.807) is 13.1 Å². The van der Waals surface area contributed by atoms with Gasteiger partial charge in [-0.25, -0.2) is 4.98 Å². The number of nitrogen functional groups attached to an aromatic ring is 1. The molecule has 0 radical (unpaired) electrons. The van der Waals surface area contributed by atoms with Gasteiger partial charge in [0.05, 0.1) is 4.88 Å². The molecule has 0 aliphatic rings. The van der Waals surface area contributed by atoms with Crippen molar-refractivity contribution >= 4 is 28.6 Å². The van der Waals surface area contributed by atoms with Crippen molar-refractivity contribution in [2.24, 2.45) is 0 Å². The van der Waals surface area contributed by atoms with Gasteiger partial charge in [-0.15, -0.1) is 11.3 Å². The van der Waals surface area contributed by atoms with E-state index in [2.05, 4.69) is 22.0 Å². The number of hydrogen-bond acceptors (Lipinski definition) is 5. The second-order valence-corrected chi connectivity index (χ2v) is 6.91. The van der Waals surface area contributed by atoms with Gasteiger partial charge >= 0.3 is 0 Å². The minimum Gasteiger partial charge on any atom is -0.383 e. The summed E-state index contributed by atoms with van der Waals surface area (Å²) in [6, 6.07) is 14.0. The first-order valence-corrected chi connectivity index (χ1v) is 8.42. The average Bonchev–Trinajstić information content (AvgIpc) is 3.05. The minimum absolute atomic E-state index is 0.0774. The summed E-state index contributed by atoms with van der Waals surface area (Å²) in [4.78, 5) is 19.7. The quantitative estimate of drug-likeness (QED) is 0.720. The number of carbonyl (C=O) groups is 1. The molecule has 24 heavy (non-hydrogen) atoms. The highest BCUT2D eigenvalue weighted by Gasteiger charge is 2.11. The van der Waals surface area contributed by atoms with Crippen LogP contribution in [-0.4, -0.2) is 24.9 Å². The van der Waals surface area contributed by atoms with Crippen molar-refractivity contribution in [1.82, 2.24) is 4.98 Å². The standard InChI is InChI=1S/C19H19N3OS/c1-12(23)17-7-8-18(24-17)14-10-16(19(20)21-11-14)13-5-4-6-15(9-13)22(2)3/h4-11H,1-3H3,(H2,20,21). The van der Waals surface area contributed by atoms with Gasteiger partial charge in [0, 0.05) is 42.0 Å². The lowest BCUT2D eigenvalue weighted by Crippen LogP contribution is -2.08. The van der Waals surface area contributed by atoms with Crippen LogP contribution in [0.4, 0.5) is 11.5 Å². The summed E-state index contributed by atoms with van der Waals surface area (Å²) in [7, 11) is 4.01. The Morgan fingerprint density at radius 3 is 2.58 bits per heavy atom. The van der Waals surface area contributed by atoms with Crippen LogP contribution in [0.25, 0.3) is 21.6 Å². The van der Waals surface area contributed by atoms with E-state index in [9.17, 15) is 4.79 Å². The number of carbonyl (C=O) groups excluding carboxylic acids is 1. The van der Waals surface area contributed by atoms with Gasteiger partial charge in [0.25, 0.3) is 0 Å². The van der Waals surface area contributed by atoms with Crippen LogP contribution in [0.15, 0.2) is 48.7 Å². The summed E-state index contributed by atoms with van der Waals surface area (Å²) < 4.78 is 0. The summed E-state index contributed by atoms with van der Waals surface area (Å²) in [5.41, 5.74) is 10.1. The SMILES string of the molecule is CC(=O)c1ccc(-c2cnc(N)c(-c3cccc(N(C)C)c3)c2)s1. The molecule has 0 atom stereocenters. The van der Waals surface area contributed by atoms with Crippen LogP contribution in [0.3, 0.4) is 0 Å². The number of pyridine rings is 1. The summed E-state index contributed by atoms with van der Waals surface area (Å²) >= 11 is 1.47. The maximum atomic E-state index is 11.5. The Labute approximate surface area is 145 Å². The van der Waals surface area contributed by atoms with E-state index >= 15 is 0 Å². The van der Waals surface area contributed by atoms with Gasteiger partial charge in [-0.1, -0.05) is 12.1 Å². The van der Waals surface area contributed by atoms with Gasteiger partial charge in [-0.3, -0.25) is 4.79 Å². The van der Waals surface area contributed by atoms with E-state index in [0.29, 0.717) is 5.82 Å². The lowest BCUT2D eigenvalue weighted by Gasteiger charge is -2.14. The van der Waals surface area contributed by atoms with Crippen molar-refractivity contribution in [3.8, 4) is 21.6 Å². The molecule has 0 aliphatic carbocycles. The van der Waals surface area contributed by atoms with E-state index < -0.39 is 0 Å². The molecule has 0 spiro atoms. The Morgan fingerprint density at radius 2 is 1.92 bits per heavy atom. The second kappa shape index (κ2) is 6.45. The van der Waals surface area contributed by atoms with Crippen molar-refractivity contribution in [2.45, 2.75) is 6.92 Å². The Bertz CT molecular complexity index is 899. The molecular weight excluding hydrogens is 318 g/mol. The van der Waals surface area contributed by atoms with Gasteiger partial charge in [0.15, 0.2) is 5.78 Å². The maximum absolute atomic E-state index is 11.5. The monoisotopic (exact) mass is 337 g/mol. The van der Waals surface area contributed by atoms with Crippen LogP contribution >= 0.6 is 11.3 Å². The fraction of sp³-hybridized carbons (Fsp3) is 0.158. The number of benzene rings is 1. The molecule has 0 amide bonds. The van der Waals surface area contributed by atoms with Gasteiger partial charge in [-0.2, -0.15) is 0 Å². The van der Waals surface area contributed by atoms with E-state index in [1.807, 2.05) is 44.4 Å². The molecule has 0 saturated carbocycles. The van der Waals surface area contributed by atoms with Crippen molar-refractivity contribution < 1.29 is 4.79 Å². The molecule has 2 heterocycles. The molecule has 0 fully saturated rings. The van der Waals surface area contributed by atoms with Crippen molar-refractivity contribution in [3.63, 3.8) is 0 Å². The fourth-order valence-electron chi connectivity index (χ4n) is 2.48. The summed E-state index contributed by atoms with van der Waals surface area (Å²) in [6.07, 6.45) is 1.75. The van der Waals surface area contributed by atoms with Crippen molar-refractivity contribution in [3.05, 3.63) is 53.5 Å². The van der Waals surface area contributed by atoms with E-state index in [1.165, 1.54) is 11.3 Å². The zero-order valence-corrected chi connectivity index (χ0v) is 14.7. The third kappa shape index (κ3) is 3.16. The number of nitrogens with zero attached hydrogens (tertiary/aromatic N) is 2. The topological polar surface area (TPSA) is 59.2 Å². The van der Waals surface area contributed by atoms with Crippen LogP contribution in [0.1, 0.15) is 16.6 Å². The lowest BCUT2D eigenvalue weighted by atomic mass is 10.0. The normalized spacial score (nSPS) is 10.6. The lowest BCUT2D eigenvalue weighted by molar-refractivity contribution is 0.102. The zero-order chi connectivity index (χ0) is 17.3. The highest BCUT2D eigenvalue weighted by atomic mass is 32.1. The summed E-state index contributed by atoms with van der Waals surface area (Å²) in [6.45, 7) is 1.58. The number of nitrogens with two attached hydrogens (primary N) is 1. The molecule has 122 valence electrons. The number of Topliss-reactive ketones (excluding diaryl/α,β-unsaturated/α-hetero) is 1. The predicted octanol–water partition coefficient (Wildman–Crippen LogP) is 4.33. The molecule has 0 bridgehead atoms. The van der Waals surface area contributed by atoms with Gasteiger partial charge < -0.3 is 10.6 Å². The summed E-state index contributed by atoms with van der Waals surface area (Å²) in [5, 5.41) is 0. The van der Waals surface area contributed by atoms with Crippen molar-refractivity contribution in [1.29, 1.82) is 0 Å². The van der Waals surface area contributed by atoms with Crippen LogP contribution < -0.4 is 10.6 Å². The van der Waals surface area contributed by atoms with Crippen LogP contribution in [0, 0.1) is 0 Å². The highest BCUT2D eigenvalue weighted by Crippen LogP contribution is 2.34. The predicted molar refractivity (Wildman–Crippen MR) is 102 cm³/mol. The number of ketones is 1. The minimum atomic E-state index is 0.0774. The highest BCUT2D eigenvalue weighted by molar-refractivity contribution is 7.17. The van der Waals surface area contributed by atoms with E-state index in [0.717, 1.165) is 32.1 Å². The Balaban J connectivity index is 2.06. The van der Waals surface area contributed by atoms with E-state index in [-0.39, 0.29) is 5.78 Å². The maximum Gasteiger partial charge on any atom is 0.169 e. The molecule has 4 nitrogen and oxygen atoms in total. The average molecular weight is 337 g/mol. The third-order valence-corrected chi connectivity index (χ3v) is 5.06. The molecule has 0 unspecified atom stereocenters. The molecule has 0 saturated heterocycles. The van der Waals surface area contributed by atoms with Gasteiger partial charge in [-0.05, 0) is 42.8 Å². The molecule has 2 aromatic heterocycles. The number of hydrogen-bond donors (Lipinski definition) is 1. The largest absolute Gasteiger partial charge is 0.383 e. The van der Waals surface area contributed by atoms with Crippen LogP contribution in [0.2, 0.25) is 0 Å². The number of thiophene rings is 1. The molecule has 5 heteroatoms. The first-order chi connectivity index (χ1) is 11.5. The molecule has 2 N–H and O–H groups in total. The van der Waals surface area contributed by atoms with Crippen LogP contribution in [-0.2, 0) is 0 Å². The number of rotatable bonds is 4. The van der Waals surface area contributed by atoms with Crippen LogP contribution in [0.5, 0.6) is 0 Å². The second-order valence-electron chi connectivity index (χ2n) is 5.82. The Morgan fingerprint density at radius 1 is 1.12 bits per heavy atom. The number of aromatic nitrogens is 1. The number of anilines is 2. The van der Waals surface area contributed by atoms with E-state index in [4.69, 9.17) is 5.73 Å².